The van der Waals surface area contributed by atoms with E-state index in [1.807, 2.05) is 18.2 Å². The first-order valence-electron chi connectivity index (χ1n) is 9.70. The van der Waals surface area contributed by atoms with Crippen LogP contribution in [0.1, 0.15) is 5.56 Å². The lowest BCUT2D eigenvalue weighted by atomic mass is 10.0. The van der Waals surface area contributed by atoms with Crippen LogP contribution in [-0.2, 0) is 0 Å². The minimum absolute atomic E-state index is 0.950. The van der Waals surface area contributed by atoms with Crippen molar-refractivity contribution in [1.82, 2.24) is 9.55 Å². The van der Waals surface area contributed by atoms with Crippen molar-refractivity contribution in [1.29, 1.82) is 0 Å². The molecule has 0 unspecified atom stereocenters. The standard InChI is InChI=1S/C27H20N2/c1-2-20-12-14-21(15-13-20)22-16-18-23(19-17-22)27-28-25-10-6-7-11-26(25)29(27)24-8-4-3-5-9-24/h2-19H,1H2. The van der Waals surface area contributed by atoms with Gasteiger partial charge in [-0.25, -0.2) is 4.98 Å². The SMILES string of the molecule is C=Cc1ccc(-c2ccc(-c3nc4ccccc4n3-c3ccccc3)cc2)cc1. The summed E-state index contributed by atoms with van der Waals surface area (Å²) in [5.41, 5.74) is 7.82. The zero-order chi connectivity index (χ0) is 19.6. The number of benzene rings is 4. The Morgan fingerprint density at radius 3 is 1.90 bits per heavy atom. The maximum Gasteiger partial charge on any atom is 0.145 e. The van der Waals surface area contributed by atoms with E-state index in [0.29, 0.717) is 0 Å². The largest absolute Gasteiger partial charge is 0.292 e. The number of para-hydroxylation sites is 3. The molecule has 5 aromatic rings. The van der Waals surface area contributed by atoms with Crippen molar-refractivity contribution in [3.05, 3.63) is 115 Å². The van der Waals surface area contributed by atoms with Gasteiger partial charge in [0.1, 0.15) is 5.82 Å². The summed E-state index contributed by atoms with van der Waals surface area (Å²) < 4.78 is 2.23. The molecule has 2 nitrogen and oxygen atoms in total. The molecule has 29 heavy (non-hydrogen) atoms. The summed E-state index contributed by atoms with van der Waals surface area (Å²) in [6.45, 7) is 3.82. The molecule has 5 rings (SSSR count). The molecule has 0 amide bonds. The summed E-state index contributed by atoms with van der Waals surface area (Å²) >= 11 is 0. The van der Waals surface area contributed by atoms with E-state index in [0.717, 1.165) is 33.7 Å². The molecule has 0 bridgehead atoms. The van der Waals surface area contributed by atoms with E-state index in [1.54, 1.807) is 0 Å². The van der Waals surface area contributed by atoms with Gasteiger partial charge in [0.25, 0.3) is 0 Å². The summed E-state index contributed by atoms with van der Waals surface area (Å²) in [4.78, 5) is 4.94. The molecule has 0 atom stereocenters. The fourth-order valence-corrected chi connectivity index (χ4v) is 3.68. The summed E-state index contributed by atoms with van der Waals surface area (Å²) in [6, 6.07) is 35.7. The molecule has 0 fully saturated rings. The van der Waals surface area contributed by atoms with Crippen molar-refractivity contribution in [2.75, 3.05) is 0 Å². The second-order valence-electron chi connectivity index (χ2n) is 7.00. The van der Waals surface area contributed by atoms with Crippen molar-refractivity contribution in [2.24, 2.45) is 0 Å². The molecule has 1 aromatic heterocycles. The third-order valence-electron chi connectivity index (χ3n) is 5.20. The van der Waals surface area contributed by atoms with Crippen molar-refractivity contribution in [2.45, 2.75) is 0 Å². The highest BCUT2D eigenvalue weighted by molar-refractivity contribution is 5.83. The zero-order valence-electron chi connectivity index (χ0n) is 16.0. The summed E-state index contributed by atoms with van der Waals surface area (Å²) in [6.07, 6.45) is 1.86. The smallest absolute Gasteiger partial charge is 0.145 e. The highest BCUT2D eigenvalue weighted by Crippen LogP contribution is 2.30. The third kappa shape index (κ3) is 3.15. The molecule has 0 radical (unpaired) electrons. The molecule has 0 saturated heterocycles. The average molecular weight is 372 g/mol. The molecule has 0 saturated carbocycles. The van der Waals surface area contributed by atoms with Crippen LogP contribution in [0.2, 0.25) is 0 Å². The maximum absolute atomic E-state index is 4.94. The van der Waals surface area contributed by atoms with Crippen molar-refractivity contribution in [3.8, 4) is 28.2 Å². The molecular formula is C27H20N2. The van der Waals surface area contributed by atoms with Gasteiger partial charge in [-0.1, -0.05) is 91.5 Å². The molecule has 2 heteroatoms. The molecule has 0 aliphatic heterocycles. The van der Waals surface area contributed by atoms with E-state index in [2.05, 4.69) is 102 Å². The van der Waals surface area contributed by atoms with Gasteiger partial charge in [0.15, 0.2) is 0 Å². The first-order chi connectivity index (χ1) is 14.3. The highest BCUT2D eigenvalue weighted by Gasteiger charge is 2.14. The van der Waals surface area contributed by atoms with Gasteiger partial charge in [0.05, 0.1) is 11.0 Å². The van der Waals surface area contributed by atoms with Crippen molar-refractivity contribution < 1.29 is 0 Å². The Morgan fingerprint density at radius 1 is 0.621 bits per heavy atom. The van der Waals surface area contributed by atoms with Crippen molar-refractivity contribution in [3.63, 3.8) is 0 Å². The highest BCUT2D eigenvalue weighted by atomic mass is 15.1. The van der Waals surface area contributed by atoms with E-state index < -0.39 is 0 Å². The van der Waals surface area contributed by atoms with E-state index >= 15 is 0 Å². The van der Waals surface area contributed by atoms with Crippen LogP contribution in [-0.4, -0.2) is 9.55 Å². The second kappa shape index (κ2) is 7.25. The number of hydrogen-bond acceptors (Lipinski definition) is 1. The van der Waals surface area contributed by atoms with Crippen LogP contribution in [0.25, 0.3) is 45.3 Å². The molecule has 0 spiro atoms. The van der Waals surface area contributed by atoms with Crippen LogP contribution in [0.5, 0.6) is 0 Å². The van der Waals surface area contributed by atoms with Crippen LogP contribution in [0, 0.1) is 0 Å². The van der Waals surface area contributed by atoms with Crippen LogP contribution in [0.15, 0.2) is 110 Å². The summed E-state index contributed by atoms with van der Waals surface area (Å²) in [5, 5.41) is 0. The van der Waals surface area contributed by atoms with Gasteiger partial charge >= 0.3 is 0 Å². The Bertz CT molecular complexity index is 1280. The maximum atomic E-state index is 4.94. The zero-order valence-corrected chi connectivity index (χ0v) is 16.0. The van der Waals surface area contributed by atoms with E-state index in [1.165, 1.54) is 11.1 Å². The lowest BCUT2D eigenvalue weighted by molar-refractivity contribution is 1.10. The summed E-state index contributed by atoms with van der Waals surface area (Å²) in [5.74, 6) is 0.950. The number of hydrogen-bond donors (Lipinski definition) is 0. The quantitative estimate of drug-likeness (QED) is 0.332. The second-order valence-corrected chi connectivity index (χ2v) is 7.00. The molecule has 0 aliphatic rings. The van der Waals surface area contributed by atoms with E-state index in [-0.39, 0.29) is 0 Å². The van der Waals surface area contributed by atoms with Gasteiger partial charge < -0.3 is 0 Å². The molecule has 1 heterocycles. The first kappa shape index (κ1) is 17.2. The summed E-state index contributed by atoms with van der Waals surface area (Å²) in [7, 11) is 0. The Morgan fingerprint density at radius 2 is 1.21 bits per heavy atom. The first-order valence-corrected chi connectivity index (χ1v) is 9.70. The van der Waals surface area contributed by atoms with Crippen molar-refractivity contribution >= 4 is 17.1 Å². The lowest BCUT2D eigenvalue weighted by Gasteiger charge is -2.10. The Kier molecular flexibility index (Phi) is 4.30. The van der Waals surface area contributed by atoms with Gasteiger partial charge in [-0.2, -0.15) is 0 Å². The topological polar surface area (TPSA) is 17.8 Å². The molecule has 138 valence electrons. The van der Waals surface area contributed by atoms with E-state index in [9.17, 15) is 0 Å². The number of fused-ring (bicyclic) bond motifs is 1. The van der Waals surface area contributed by atoms with Gasteiger partial charge in [-0.3, -0.25) is 4.57 Å². The number of aromatic nitrogens is 2. The minimum atomic E-state index is 0.950. The molecular weight excluding hydrogens is 352 g/mol. The fourth-order valence-electron chi connectivity index (χ4n) is 3.68. The molecule has 0 N–H and O–H groups in total. The Balaban J connectivity index is 1.61. The average Bonchev–Trinajstić information content (AvgIpc) is 3.19. The third-order valence-corrected chi connectivity index (χ3v) is 5.20. The van der Waals surface area contributed by atoms with Gasteiger partial charge in [0.2, 0.25) is 0 Å². The van der Waals surface area contributed by atoms with Gasteiger partial charge in [-0.15, -0.1) is 0 Å². The monoisotopic (exact) mass is 372 g/mol. The number of rotatable bonds is 4. The van der Waals surface area contributed by atoms with Crippen LogP contribution >= 0.6 is 0 Å². The van der Waals surface area contributed by atoms with Gasteiger partial charge in [0, 0.05) is 11.3 Å². The Labute approximate surface area is 170 Å². The van der Waals surface area contributed by atoms with Crippen LogP contribution < -0.4 is 0 Å². The van der Waals surface area contributed by atoms with Crippen LogP contribution in [0.4, 0.5) is 0 Å². The molecule has 0 aliphatic carbocycles. The van der Waals surface area contributed by atoms with Gasteiger partial charge in [-0.05, 0) is 41.0 Å². The minimum Gasteiger partial charge on any atom is -0.292 e. The predicted octanol–water partition coefficient (Wildman–Crippen LogP) is 7.00. The number of nitrogens with zero attached hydrogens (tertiary/aromatic N) is 2. The normalized spacial score (nSPS) is 10.9. The van der Waals surface area contributed by atoms with E-state index in [4.69, 9.17) is 4.98 Å². The fraction of sp³-hybridized carbons (Fsp3) is 0. The molecule has 4 aromatic carbocycles. The van der Waals surface area contributed by atoms with Crippen LogP contribution in [0.3, 0.4) is 0 Å². The Hall–Kier alpha value is -3.91. The number of imidazole rings is 1. The lowest BCUT2D eigenvalue weighted by Crippen LogP contribution is -1.97. The predicted molar refractivity (Wildman–Crippen MR) is 122 cm³/mol.